The Morgan fingerprint density at radius 3 is 2.62 bits per heavy atom. The first-order chi connectivity index (χ1) is 11.5. The van der Waals surface area contributed by atoms with Crippen LogP contribution in [0.1, 0.15) is 32.9 Å². The summed E-state index contributed by atoms with van der Waals surface area (Å²) in [6, 6.07) is 4.84. The predicted octanol–water partition coefficient (Wildman–Crippen LogP) is 2.33. The molecule has 2 amide bonds. The van der Waals surface area contributed by atoms with Gasteiger partial charge in [-0.25, -0.2) is 0 Å². The van der Waals surface area contributed by atoms with E-state index in [1.807, 2.05) is 0 Å². The van der Waals surface area contributed by atoms with Crippen molar-refractivity contribution in [3.63, 3.8) is 0 Å². The van der Waals surface area contributed by atoms with E-state index in [9.17, 15) is 14.4 Å². The molecule has 2 aromatic heterocycles. The highest BCUT2D eigenvalue weighted by atomic mass is 32.1. The van der Waals surface area contributed by atoms with Gasteiger partial charge in [-0.15, -0.1) is 11.3 Å². The normalized spacial score (nSPS) is 10.2. The summed E-state index contributed by atoms with van der Waals surface area (Å²) in [6.45, 7) is 0.334. The molecule has 2 N–H and O–H groups in total. The van der Waals surface area contributed by atoms with Crippen molar-refractivity contribution >= 4 is 34.8 Å². The molecule has 0 aliphatic heterocycles. The van der Waals surface area contributed by atoms with Crippen molar-refractivity contribution in [1.29, 1.82) is 0 Å². The number of hydrogen-bond donors (Lipinski definition) is 2. The third-order valence-corrected chi connectivity index (χ3v) is 4.18. The number of aromatic nitrogens is 1. The summed E-state index contributed by atoms with van der Waals surface area (Å²) in [5, 5.41) is 13.1. The van der Waals surface area contributed by atoms with Crippen molar-refractivity contribution in [2.45, 2.75) is 12.8 Å². The fraction of sp³-hybridized carbons (Fsp3) is 0.250. The zero-order valence-electron chi connectivity index (χ0n) is 13.1. The molecular weight excluding hydrogens is 330 g/mol. The molecule has 0 aliphatic rings. The minimum Gasteiger partial charge on any atom is -0.481 e. The highest BCUT2D eigenvalue weighted by Gasteiger charge is 2.19. The molecule has 8 heteroatoms. The molecule has 126 valence electrons. The first kappa shape index (κ1) is 17.6. The van der Waals surface area contributed by atoms with Crippen LogP contribution < -0.4 is 5.32 Å². The second-order valence-electron chi connectivity index (χ2n) is 5.08. The minimum atomic E-state index is -0.891. The molecule has 0 bridgehead atoms. The monoisotopic (exact) mass is 347 g/mol. The third-order valence-electron chi connectivity index (χ3n) is 3.28. The lowest BCUT2D eigenvalue weighted by Crippen LogP contribution is -2.28. The number of anilines is 1. The van der Waals surface area contributed by atoms with Crippen molar-refractivity contribution in [2.24, 2.45) is 0 Å². The number of carboxylic acids is 1. The quantitative estimate of drug-likeness (QED) is 0.801. The molecule has 0 aliphatic carbocycles. The standard InChI is InChI=1S/C16H17N3O4S/c1-19(9-2-3-13(20)21)16(23)14-12(6-10-24-14)18-15(22)11-4-7-17-8-5-11/h4-8,10H,2-3,9H2,1H3,(H,18,22)(H,20,21). The molecule has 0 unspecified atom stereocenters. The van der Waals surface area contributed by atoms with E-state index in [-0.39, 0.29) is 18.2 Å². The molecule has 0 atom stereocenters. The number of aliphatic carboxylic acids is 1. The largest absolute Gasteiger partial charge is 0.481 e. The van der Waals surface area contributed by atoms with E-state index in [4.69, 9.17) is 5.11 Å². The average molecular weight is 347 g/mol. The van der Waals surface area contributed by atoms with E-state index in [2.05, 4.69) is 10.3 Å². The molecule has 2 rings (SSSR count). The summed E-state index contributed by atoms with van der Waals surface area (Å²) < 4.78 is 0. The van der Waals surface area contributed by atoms with Gasteiger partial charge in [0, 0.05) is 38.0 Å². The van der Waals surface area contributed by atoms with Gasteiger partial charge < -0.3 is 15.3 Å². The SMILES string of the molecule is CN(CCCC(=O)O)C(=O)c1sccc1NC(=O)c1ccncc1. The number of amides is 2. The fourth-order valence-corrected chi connectivity index (χ4v) is 2.86. The number of rotatable bonds is 7. The molecule has 7 nitrogen and oxygen atoms in total. The van der Waals surface area contributed by atoms with E-state index in [0.29, 0.717) is 29.1 Å². The Morgan fingerprint density at radius 1 is 1.25 bits per heavy atom. The number of carbonyl (C=O) groups is 3. The van der Waals surface area contributed by atoms with Crippen molar-refractivity contribution in [1.82, 2.24) is 9.88 Å². The molecule has 24 heavy (non-hydrogen) atoms. The number of carbonyl (C=O) groups excluding carboxylic acids is 2. The molecule has 0 saturated carbocycles. The lowest BCUT2D eigenvalue weighted by atomic mass is 10.2. The Morgan fingerprint density at radius 2 is 1.96 bits per heavy atom. The first-order valence-electron chi connectivity index (χ1n) is 7.25. The van der Waals surface area contributed by atoms with Crippen molar-refractivity contribution in [3.05, 3.63) is 46.4 Å². The van der Waals surface area contributed by atoms with Crippen LogP contribution in [-0.4, -0.2) is 46.4 Å². The van der Waals surface area contributed by atoms with Crippen LogP contribution in [0.4, 0.5) is 5.69 Å². The maximum atomic E-state index is 12.4. The molecule has 0 radical (unpaired) electrons. The second-order valence-corrected chi connectivity index (χ2v) is 5.99. The van der Waals surface area contributed by atoms with Crippen LogP contribution in [0.15, 0.2) is 36.0 Å². The van der Waals surface area contributed by atoms with Gasteiger partial charge in [0.2, 0.25) is 0 Å². The summed E-state index contributed by atoms with van der Waals surface area (Å²) in [5.41, 5.74) is 0.890. The summed E-state index contributed by atoms with van der Waals surface area (Å²) in [5.74, 6) is -1.46. The third kappa shape index (κ3) is 4.63. The van der Waals surface area contributed by atoms with E-state index < -0.39 is 5.97 Å². The molecule has 0 spiro atoms. The highest BCUT2D eigenvalue weighted by molar-refractivity contribution is 7.12. The summed E-state index contributed by atoms with van der Waals surface area (Å²) in [7, 11) is 1.61. The highest BCUT2D eigenvalue weighted by Crippen LogP contribution is 2.24. The van der Waals surface area contributed by atoms with Gasteiger partial charge in [-0.3, -0.25) is 19.4 Å². The lowest BCUT2D eigenvalue weighted by Gasteiger charge is -2.16. The van der Waals surface area contributed by atoms with Gasteiger partial charge in [0.15, 0.2) is 0 Å². The van der Waals surface area contributed by atoms with Gasteiger partial charge in [-0.1, -0.05) is 0 Å². The predicted molar refractivity (Wildman–Crippen MR) is 90.3 cm³/mol. The first-order valence-corrected chi connectivity index (χ1v) is 8.13. The average Bonchev–Trinajstić information content (AvgIpc) is 3.02. The molecule has 0 saturated heterocycles. The Kier molecular flexibility index (Phi) is 6.02. The summed E-state index contributed by atoms with van der Waals surface area (Å²) >= 11 is 1.23. The maximum absolute atomic E-state index is 12.4. The molecule has 0 aromatic carbocycles. The number of nitrogens with zero attached hydrogens (tertiary/aromatic N) is 2. The Labute approximate surface area is 142 Å². The van der Waals surface area contributed by atoms with Gasteiger partial charge >= 0.3 is 5.97 Å². The van der Waals surface area contributed by atoms with Crippen molar-refractivity contribution in [2.75, 3.05) is 18.9 Å². The number of nitrogens with one attached hydrogen (secondary N) is 1. The number of thiophene rings is 1. The second kappa shape index (κ2) is 8.21. The van der Waals surface area contributed by atoms with Gasteiger partial charge in [0.25, 0.3) is 11.8 Å². The fourth-order valence-electron chi connectivity index (χ4n) is 2.01. The van der Waals surface area contributed by atoms with Gasteiger partial charge in [0.05, 0.1) is 5.69 Å². The van der Waals surface area contributed by atoms with Crippen molar-refractivity contribution < 1.29 is 19.5 Å². The summed E-state index contributed by atoms with van der Waals surface area (Å²) in [6.07, 6.45) is 3.42. The van der Waals surface area contributed by atoms with Crippen LogP contribution in [-0.2, 0) is 4.79 Å². The number of pyridine rings is 1. The van der Waals surface area contributed by atoms with E-state index in [1.165, 1.54) is 28.6 Å². The van der Waals surface area contributed by atoms with Crippen LogP contribution in [0.5, 0.6) is 0 Å². The van der Waals surface area contributed by atoms with Crippen LogP contribution >= 0.6 is 11.3 Å². The smallest absolute Gasteiger partial charge is 0.303 e. The summed E-state index contributed by atoms with van der Waals surface area (Å²) in [4.78, 5) is 40.9. The Bertz CT molecular complexity index is 730. The maximum Gasteiger partial charge on any atom is 0.303 e. The molecule has 2 heterocycles. The number of hydrogen-bond acceptors (Lipinski definition) is 5. The van der Waals surface area contributed by atoms with Crippen LogP contribution in [0.3, 0.4) is 0 Å². The Hall–Kier alpha value is -2.74. The van der Waals surface area contributed by atoms with Gasteiger partial charge in [-0.05, 0) is 30.0 Å². The zero-order valence-corrected chi connectivity index (χ0v) is 13.9. The van der Waals surface area contributed by atoms with Crippen molar-refractivity contribution in [3.8, 4) is 0 Å². The van der Waals surface area contributed by atoms with Crippen LogP contribution in [0.25, 0.3) is 0 Å². The van der Waals surface area contributed by atoms with Crippen LogP contribution in [0, 0.1) is 0 Å². The topological polar surface area (TPSA) is 99.6 Å². The molecular formula is C16H17N3O4S. The van der Waals surface area contributed by atoms with Gasteiger partial charge in [-0.2, -0.15) is 0 Å². The van der Waals surface area contributed by atoms with E-state index >= 15 is 0 Å². The Balaban J connectivity index is 2.02. The van der Waals surface area contributed by atoms with Gasteiger partial charge in [0.1, 0.15) is 4.88 Å². The van der Waals surface area contributed by atoms with E-state index in [0.717, 1.165) is 0 Å². The molecule has 2 aromatic rings. The van der Waals surface area contributed by atoms with Crippen LogP contribution in [0.2, 0.25) is 0 Å². The zero-order chi connectivity index (χ0) is 17.5. The minimum absolute atomic E-state index is 0.00764. The number of carboxylic acid groups (broad SMARTS) is 1. The molecule has 0 fully saturated rings. The van der Waals surface area contributed by atoms with E-state index in [1.54, 1.807) is 30.6 Å². The lowest BCUT2D eigenvalue weighted by molar-refractivity contribution is -0.137.